The molecule has 0 saturated heterocycles. The molecule has 1 fully saturated rings. The van der Waals surface area contributed by atoms with E-state index in [0.717, 1.165) is 19.1 Å². The van der Waals surface area contributed by atoms with Crippen LogP contribution in [0.5, 0.6) is 0 Å². The number of rotatable bonds is 3. The van der Waals surface area contributed by atoms with E-state index in [9.17, 15) is 13.2 Å². The lowest BCUT2D eigenvalue weighted by Crippen LogP contribution is -2.43. The van der Waals surface area contributed by atoms with E-state index in [2.05, 4.69) is 19.2 Å². The van der Waals surface area contributed by atoms with Crippen LogP contribution >= 0.6 is 11.6 Å². The zero-order chi connectivity index (χ0) is 16.5. The van der Waals surface area contributed by atoms with Crippen molar-refractivity contribution >= 4 is 27.3 Å². The summed E-state index contributed by atoms with van der Waals surface area (Å²) in [7, 11) is -3.45. The zero-order valence-electron chi connectivity index (χ0n) is 13.1. The van der Waals surface area contributed by atoms with Crippen molar-refractivity contribution in [1.82, 2.24) is 5.32 Å². The van der Waals surface area contributed by atoms with E-state index in [1.54, 1.807) is 6.07 Å². The third kappa shape index (κ3) is 3.82. The minimum atomic E-state index is -3.45. The number of sulfone groups is 1. The summed E-state index contributed by atoms with van der Waals surface area (Å²) in [5.41, 5.74) is 0.329. The number of nitrogens with one attached hydrogen (secondary N) is 1. The lowest BCUT2D eigenvalue weighted by atomic mass is 9.78. The summed E-state index contributed by atoms with van der Waals surface area (Å²) in [5, 5.41) is 3.17. The number of amides is 1. The maximum atomic E-state index is 12.4. The molecule has 1 aliphatic rings. The number of benzene rings is 1. The third-order valence-corrected chi connectivity index (χ3v) is 6.19. The lowest BCUT2D eigenvalue weighted by molar-refractivity contribution is 0.0891. The van der Waals surface area contributed by atoms with Gasteiger partial charge < -0.3 is 5.32 Å². The fourth-order valence-electron chi connectivity index (χ4n) is 2.97. The van der Waals surface area contributed by atoms with Crippen LogP contribution in [0.25, 0.3) is 0 Å². The summed E-state index contributed by atoms with van der Waals surface area (Å²) >= 11 is 5.91. The molecular formula is C16H22ClNO3S. The van der Waals surface area contributed by atoms with Gasteiger partial charge in [0.25, 0.3) is 5.91 Å². The van der Waals surface area contributed by atoms with Crippen molar-refractivity contribution in [3.05, 3.63) is 28.8 Å². The van der Waals surface area contributed by atoms with Gasteiger partial charge in [-0.25, -0.2) is 8.42 Å². The van der Waals surface area contributed by atoms with Gasteiger partial charge in [-0.3, -0.25) is 4.79 Å². The molecule has 1 amide bonds. The highest BCUT2D eigenvalue weighted by molar-refractivity contribution is 7.90. The number of carbonyl (C=O) groups excluding carboxylic acids is 1. The van der Waals surface area contributed by atoms with Crippen molar-refractivity contribution in [1.29, 1.82) is 0 Å². The molecule has 22 heavy (non-hydrogen) atoms. The van der Waals surface area contributed by atoms with E-state index in [4.69, 9.17) is 11.6 Å². The second-order valence-electron chi connectivity index (χ2n) is 6.26. The minimum Gasteiger partial charge on any atom is -0.349 e. The number of hydrogen-bond acceptors (Lipinski definition) is 3. The van der Waals surface area contributed by atoms with Gasteiger partial charge in [0, 0.05) is 17.9 Å². The van der Waals surface area contributed by atoms with Crippen LogP contribution in [0.15, 0.2) is 23.1 Å². The van der Waals surface area contributed by atoms with Crippen LogP contribution in [0.4, 0.5) is 0 Å². The second kappa shape index (κ2) is 6.59. The molecule has 0 bridgehead atoms. The summed E-state index contributed by atoms with van der Waals surface area (Å²) in [6, 6.07) is 4.50. The largest absolute Gasteiger partial charge is 0.349 e. The molecule has 1 saturated carbocycles. The van der Waals surface area contributed by atoms with Gasteiger partial charge >= 0.3 is 0 Å². The Morgan fingerprint density at radius 3 is 2.59 bits per heavy atom. The zero-order valence-corrected chi connectivity index (χ0v) is 14.7. The van der Waals surface area contributed by atoms with Crippen molar-refractivity contribution in [3.63, 3.8) is 0 Å². The summed E-state index contributed by atoms with van der Waals surface area (Å²) < 4.78 is 23.4. The van der Waals surface area contributed by atoms with Crippen LogP contribution in [-0.4, -0.2) is 26.6 Å². The Balaban J connectivity index is 2.20. The van der Waals surface area contributed by atoms with E-state index < -0.39 is 9.84 Å². The first-order chi connectivity index (χ1) is 10.2. The van der Waals surface area contributed by atoms with Gasteiger partial charge in [-0.1, -0.05) is 38.3 Å². The van der Waals surface area contributed by atoms with Crippen molar-refractivity contribution in [3.8, 4) is 0 Å². The normalized spacial score (nSPS) is 25.7. The van der Waals surface area contributed by atoms with Crippen LogP contribution in [-0.2, 0) is 9.84 Å². The predicted octanol–water partition coefficient (Wildman–Crippen LogP) is 3.30. The van der Waals surface area contributed by atoms with E-state index >= 15 is 0 Å². The molecule has 3 atom stereocenters. The Labute approximate surface area is 137 Å². The highest BCUT2D eigenvalue weighted by atomic mass is 35.5. The Morgan fingerprint density at radius 1 is 1.27 bits per heavy atom. The molecule has 0 heterocycles. The fraction of sp³-hybridized carbons (Fsp3) is 0.562. The molecule has 1 aromatic carbocycles. The molecule has 6 heteroatoms. The molecule has 3 unspecified atom stereocenters. The maximum absolute atomic E-state index is 12.4. The SMILES string of the molecule is CC1CCCC(NC(=O)c2ccc(Cl)c(S(C)(=O)=O)c2)C1C. The first kappa shape index (κ1) is 17.3. The smallest absolute Gasteiger partial charge is 0.251 e. The monoisotopic (exact) mass is 343 g/mol. The van der Waals surface area contributed by atoms with Crippen LogP contribution < -0.4 is 5.32 Å². The Bertz CT molecular complexity index is 672. The molecule has 0 aliphatic heterocycles. The van der Waals surface area contributed by atoms with Crippen molar-refractivity contribution < 1.29 is 13.2 Å². The first-order valence-corrected chi connectivity index (χ1v) is 9.77. The van der Waals surface area contributed by atoms with Gasteiger partial charge in [-0.2, -0.15) is 0 Å². The Hall–Kier alpha value is -1.07. The van der Waals surface area contributed by atoms with E-state index in [-0.39, 0.29) is 21.9 Å². The van der Waals surface area contributed by atoms with Crippen molar-refractivity contribution in [2.75, 3.05) is 6.26 Å². The Morgan fingerprint density at radius 2 is 1.95 bits per heavy atom. The van der Waals surface area contributed by atoms with E-state index in [1.807, 2.05) is 0 Å². The molecule has 1 N–H and O–H groups in total. The van der Waals surface area contributed by atoms with Gasteiger partial charge in [0.2, 0.25) is 0 Å². The molecule has 1 aromatic rings. The topological polar surface area (TPSA) is 63.2 Å². The number of halogens is 1. The molecule has 0 radical (unpaired) electrons. The molecule has 1 aliphatic carbocycles. The fourth-order valence-corrected chi connectivity index (χ4v) is 4.27. The van der Waals surface area contributed by atoms with Crippen molar-refractivity contribution in [2.45, 2.75) is 44.0 Å². The van der Waals surface area contributed by atoms with Gasteiger partial charge in [-0.15, -0.1) is 0 Å². The van der Waals surface area contributed by atoms with Crippen LogP contribution in [0, 0.1) is 11.8 Å². The average Bonchev–Trinajstić information content (AvgIpc) is 2.43. The van der Waals surface area contributed by atoms with Crippen LogP contribution in [0.1, 0.15) is 43.5 Å². The first-order valence-electron chi connectivity index (χ1n) is 7.50. The molecule has 2 rings (SSSR count). The second-order valence-corrected chi connectivity index (χ2v) is 8.66. The van der Waals surface area contributed by atoms with E-state index in [0.29, 0.717) is 17.4 Å². The molecular weight excluding hydrogens is 322 g/mol. The predicted molar refractivity (Wildman–Crippen MR) is 88.0 cm³/mol. The highest BCUT2D eigenvalue weighted by Crippen LogP contribution is 2.30. The van der Waals surface area contributed by atoms with Gasteiger partial charge in [0.05, 0.1) is 9.92 Å². The van der Waals surface area contributed by atoms with Gasteiger partial charge in [0.15, 0.2) is 9.84 Å². The van der Waals surface area contributed by atoms with Crippen molar-refractivity contribution in [2.24, 2.45) is 11.8 Å². The minimum absolute atomic E-state index is 0.00752. The van der Waals surface area contributed by atoms with Crippen LogP contribution in [0.3, 0.4) is 0 Å². The quantitative estimate of drug-likeness (QED) is 0.915. The molecule has 4 nitrogen and oxygen atoms in total. The third-order valence-electron chi connectivity index (χ3n) is 4.62. The van der Waals surface area contributed by atoms with Crippen LogP contribution in [0.2, 0.25) is 5.02 Å². The Kier molecular flexibility index (Phi) is 5.17. The van der Waals surface area contributed by atoms with Gasteiger partial charge in [0.1, 0.15) is 0 Å². The average molecular weight is 344 g/mol. The highest BCUT2D eigenvalue weighted by Gasteiger charge is 2.28. The van der Waals surface area contributed by atoms with E-state index in [1.165, 1.54) is 18.6 Å². The number of carbonyl (C=O) groups is 1. The summed E-state index contributed by atoms with van der Waals surface area (Å²) in [4.78, 5) is 12.4. The summed E-state index contributed by atoms with van der Waals surface area (Å²) in [6.07, 6.45) is 4.34. The lowest BCUT2D eigenvalue weighted by Gasteiger charge is -2.34. The summed E-state index contributed by atoms with van der Waals surface area (Å²) in [6.45, 7) is 4.35. The molecule has 122 valence electrons. The summed E-state index contributed by atoms with van der Waals surface area (Å²) in [5.74, 6) is 0.753. The standard InChI is InChI=1S/C16H22ClNO3S/c1-10-5-4-6-14(11(10)2)18-16(19)12-7-8-13(17)15(9-12)22(3,20)21/h7-11,14H,4-6H2,1-3H3,(H,18,19). The maximum Gasteiger partial charge on any atom is 0.251 e. The van der Waals surface area contributed by atoms with Gasteiger partial charge in [-0.05, 0) is 36.5 Å². The molecule has 0 aromatic heterocycles. The number of hydrogen-bond donors (Lipinski definition) is 1. The molecule has 0 spiro atoms.